The summed E-state index contributed by atoms with van der Waals surface area (Å²) in [5, 5.41) is 11.6. The van der Waals surface area contributed by atoms with E-state index in [-0.39, 0.29) is 11.7 Å². The number of amides is 1. The van der Waals surface area contributed by atoms with Crippen LogP contribution in [0.15, 0.2) is 97.5 Å². The predicted octanol–water partition coefficient (Wildman–Crippen LogP) is 5.56. The van der Waals surface area contributed by atoms with Crippen molar-refractivity contribution in [2.75, 3.05) is 10.6 Å². The molecule has 0 aliphatic carbocycles. The third-order valence-electron chi connectivity index (χ3n) is 5.01. The zero-order valence-electron chi connectivity index (χ0n) is 16.9. The predicted molar refractivity (Wildman–Crippen MR) is 123 cm³/mol. The number of nitrogens with one attached hydrogen (secondary N) is 2. The molecule has 5 rings (SSSR count). The van der Waals surface area contributed by atoms with Gasteiger partial charge >= 0.3 is 0 Å². The average Bonchev–Trinajstić information content (AvgIpc) is 3.25. The molecule has 0 fully saturated rings. The summed E-state index contributed by atoms with van der Waals surface area (Å²) < 4.78 is 14.9. The van der Waals surface area contributed by atoms with E-state index in [0.717, 1.165) is 28.0 Å². The molecule has 0 aliphatic heterocycles. The van der Waals surface area contributed by atoms with Gasteiger partial charge in [-0.25, -0.2) is 9.07 Å². The average molecular weight is 423 g/mol. The van der Waals surface area contributed by atoms with Gasteiger partial charge in [-0.05, 0) is 78.9 Å². The normalized spacial score (nSPS) is 10.8. The standard InChI is InChI=1S/C25H18FN5O/c26-19-1-3-20(4-2-19)29-22-7-10-24-18(15-22)16-28-31(24)23-8-5-21(6-9-23)30-25(32)17-11-13-27-14-12-17/h1-16,29H,(H,30,32). The second-order valence-electron chi connectivity index (χ2n) is 7.20. The molecule has 0 bridgehead atoms. The van der Waals surface area contributed by atoms with E-state index >= 15 is 0 Å². The first kappa shape index (κ1) is 19.4. The third-order valence-corrected chi connectivity index (χ3v) is 5.01. The van der Waals surface area contributed by atoms with Crippen LogP contribution in [0.5, 0.6) is 0 Å². The number of pyridine rings is 1. The number of fused-ring (bicyclic) bond motifs is 1. The van der Waals surface area contributed by atoms with Crippen molar-refractivity contribution >= 4 is 33.9 Å². The van der Waals surface area contributed by atoms with Gasteiger partial charge in [-0.1, -0.05) is 0 Å². The second-order valence-corrected chi connectivity index (χ2v) is 7.20. The van der Waals surface area contributed by atoms with Gasteiger partial charge in [0.15, 0.2) is 0 Å². The fourth-order valence-corrected chi connectivity index (χ4v) is 3.41. The number of carbonyl (C=O) groups excluding carboxylic acids is 1. The van der Waals surface area contributed by atoms with E-state index in [9.17, 15) is 9.18 Å². The summed E-state index contributed by atoms with van der Waals surface area (Å²) in [6, 6.07) is 23.0. The minimum absolute atomic E-state index is 0.189. The summed E-state index contributed by atoms with van der Waals surface area (Å²) in [5.74, 6) is -0.457. The number of halogens is 1. The fourth-order valence-electron chi connectivity index (χ4n) is 3.41. The van der Waals surface area contributed by atoms with Gasteiger partial charge in [-0.3, -0.25) is 9.78 Å². The molecule has 0 radical (unpaired) electrons. The van der Waals surface area contributed by atoms with Crippen molar-refractivity contribution < 1.29 is 9.18 Å². The topological polar surface area (TPSA) is 71.8 Å². The van der Waals surface area contributed by atoms with Crippen LogP contribution in [0.4, 0.5) is 21.5 Å². The van der Waals surface area contributed by atoms with Gasteiger partial charge in [-0.15, -0.1) is 0 Å². The summed E-state index contributed by atoms with van der Waals surface area (Å²) in [6.45, 7) is 0. The number of hydrogen-bond donors (Lipinski definition) is 2. The second kappa shape index (κ2) is 8.31. The van der Waals surface area contributed by atoms with Gasteiger partial charge in [0.2, 0.25) is 0 Å². The van der Waals surface area contributed by atoms with Gasteiger partial charge in [0, 0.05) is 40.4 Å². The maximum absolute atomic E-state index is 13.1. The van der Waals surface area contributed by atoms with Gasteiger partial charge < -0.3 is 10.6 Å². The van der Waals surface area contributed by atoms with Crippen molar-refractivity contribution in [2.45, 2.75) is 0 Å². The minimum atomic E-state index is -0.268. The molecule has 2 heterocycles. The highest BCUT2D eigenvalue weighted by molar-refractivity contribution is 6.04. The highest BCUT2D eigenvalue weighted by Gasteiger charge is 2.08. The summed E-state index contributed by atoms with van der Waals surface area (Å²) >= 11 is 0. The lowest BCUT2D eigenvalue weighted by Gasteiger charge is -2.09. The first-order valence-corrected chi connectivity index (χ1v) is 9.98. The number of hydrogen-bond acceptors (Lipinski definition) is 4. The smallest absolute Gasteiger partial charge is 0.255 e. The summed E-state index contributed by atoms with van der Waals surface area (Å²) in [6.07, 6.45) is 4.97. The zero-order valence-corrected chi connectivity index (χ0v) is 16.9. The highest BCUT2D eigenvalue weighted by Crippen LogP contribution is 2.25. The highest BCUT2D eigenvalue weighted by atomic mass is 19.1. The molecule has 0 unspecified atom stereocenters. The summed E-state index contributed by atoms with van der Waals surface area (Å²) in [4.78, 5) is 16.2. The van der Waals surface area contributed by atoms with Crippen LogP contribution in [-0.2, 0) is 0 Å². The first-order chi connectivity index (χ1) is 15.7. The molecule has 3 aromatic carbocycles. The molecule has 0 aliphatic rings. The molecule has 2 N–H and O–H groups in total. The minimum Gasteiger partial charge on any atom is -0.356 e. The number of carbonyl (C=O) groups is 1. The van der Waals surface area contributed by atoms with E-state index in [1.54, 1.807) is 42.9 Å². The van der Waals surface area contributed by atoms with Crippen LogP contribution >= 0.6 is 0 Å². The number of anilines is 3. The van der Waals surface area contributed by atoms with E-state index in [1.807, 2.05) is 47.1 Å². The number of aromatic nitrogens is 3. The SMILES string of the molecule is O=C(Nc1ccc(-n2ncc3cc(Nc4ccc(F)cc4)ccc32)cc1)c1ccncc1. The number of benzene rings is 3. The van der Waals surface area contributed by atoms with Gasteiger partial charge in [0.25, 0.3) is 5.91 Å². The van der Waals surface area contributed by atoms with Crippen molar-refractivity contribution in [1.82, 2.24) is 14.8 Å². The molecule has 2 aromatic heterocycles. The van der Waals surface area contributed by atoms with E-state index in [4.69, 9.17) is 0 Å². The Labute approximate surface area is 183 Å². The third kappa shape index (κ3) is 4.04. The molecule has 0 saturated carbocycles. The van der Waals surface area contributed by atoms with Crippen LogP contribution in [0.3, 0.4) is 0 Å². The Balaban J connectivity index is 1.34. The van der Waals surface area contributed by atoms with Crippen LogP contribution in [0.25, 0.3) is 16.6 Å². The number of nitrogens with zero attached hydrogens (tertiary/aromatic N) is 3. The molecule has 7 heteroatoms. The van der Waals surface area contributed by atoms with E-state index in [1.165, 1.54) is 12.1 Å². The molecule has 32 heavy (non-hydrogen) atoms. The van der Waals surface area contributed by atoms with Crippen molar-refractivity contribution in [3.63, 3.8) is 0 Å². The monoisotopic (exact) mass is 423 g/mol. The quantitative estimate of drug-likeness (QED) is 0.388. The summed E-state index contributed by atoms with van der Waals surface area (Å²) in [5.41, 5.74) is 4.76. The fraction of sp³-hybridized carbons (Fsp3) is 0. The zero-order chi connectivity index (χ0) is 21.9. The van der Waals surface area contributed by atoms with Gasteiger partial charge in [0.1, 0.15) is 5.82 Å². The Morgan fingerprint density at radius 1 is 0.812 bits per heavy atom. The van der Waals surface area contributed by atoms with Crippen molar-refractivity contribution in [1.29, 1.82) is 0 Å². The lowest BCUT2D eigenvalue weighted by atomic mass is 10.2. The van der Waals surface area contributed by atoms with Crippen LogP contribution < -0.4 is 10.6 Å². The molecule has 0 spiro atoms. The van der Waals surface area contributed by atoms with E-state index in [2.05, 4.69) is 20.7 Å². The molecule has 156 valence electrons. The Morgan fingerprint density at radius 2 is 1.50 bits per heavy atom. The molecule has 0 saturated heterocycles. The first-order valence-electron chi connectivity index (χ1n) is 9.98. The molecular weight excluding hydrogens is 405 g/mol. The van der Waals surface area contributed by atoms with Crippen molar-refractivity contribution in [3.05, 3.63) is 109 Å². The molecule has 1 amide bonds. The lowest BCUT2D eigenvalue weighted by molar-refractivity contribution is 0.102. The Kier molecular flexibility index (Phi) is 5.05. The van der Waals surface area contributed by atoms with Crippen LogP contribution in [0.2, 0.25) is 0 Å². The molecule has 6 nitrogen and oxygen atoms in total. The van der Waals surface area contributed by atoms with E-state index in [0.29, 0.717) is 11.3 Å². The Bertz CT molecular complexity index is 1380. The largest absolute Gasteiger partial charge is 0.356 e. The van der Waals surface area contributed by atoms with Crippen molar-refractivity contribution in [2.24, 2.45) is 0 Å². The maximum atomic E-state index is 13.1. The van der Waals surface area contributed by atoms with Crippen LogP contribution in [0, 0.1) is 5.82 Å². The molecule has 5 aromatic rings. The summed E-state index contributed by atoms with van der Waals surface area (Å²) in [7, 11) is 0. The Hall–Kier alpha value is -4.52. The maximum Gasteiger partial charge on any atom is 0.255 e. The number of rotatable bonds is 5. The van der Waals surface area contributed by atoms with Crippen LogP contribution in [0.1, 0.15) is 10.4 Å². The lowest BCUT2D eigenvalue weighted by Crippen LogP contribution is -2.11. The van der Waals surface area contributed by atoms with E-state index < -0.39 is 0 Å². The van der Waals surface area contributed by atoms with Crippen LogP contribution in [-0.4, -0.2) is 20.7 Å². The van der Waals surface area contributed by atoms with Crippen molar-refractivity contribution in [3.8, 4) is 5.69 Å². The molecule has 0 atom stereocenters. The molecular formula is C25H18FN5O. The van der Waals surface area contributed by atoms with Gasteiger partial charge in [-0.2, -0.15) is 5.10 Å². The Morgan fingerprint density at radius 3 is 2.25 bits per heavy atom. The van der Waals surface area contributed by atoms with Gasteiger partial charge in [0.05, 0.1) is 17.4 Å².